The van der Waals surface area contributed by atoms with Gasteiger partial charge in [0, 0.05) is 19.3 Å². The van der Waals surface area contributed by atoms with Crippen molar-refractivity contribution in [2.45, 2.75) is 297 Å². The molecule has 6 heteroatoms. The van der Waals surface area contributed by atoms with E-state index in [2.05, 4.69) is 142 Å². The van der Waals surface area contributed by atoms with Crippen LogP contribution < -0.4 is 0 Å². The molecule has 1 unspecified atom stereocenters. The summed E-state index contributed by atoms with van der Waals surface area (Å²) in [6.45, 7) is 6.45. The molecule has 0 aliphatic carbocycles. The lowest BCUT2D eigenvalue weighted by atomic mass is 10.1. The molecule has 0 fully saturated rings. The third kappa shape index (κ3) is 62.5. The Labute approximate surface area is 475 Å². The SMILES string of the molecule is CC/C=C\C/C=C\C/C=C\C/C=C\C/C=C\C/C=C\CCCCCCC(=O)OC(COC(=O)CCCCCCC/C=C\CCCC)COC(=O)CCCCCCCCCCCC/C=C\C/C=C\C/C=C\CCCCCCC. The number of rotatable bonds is 57. The van der Waals surface area contributed by atoms with Crippen LogP contribution in [0.2, 0.25) is 0 Å². The van der Waals surface area contributed by atoms with Crippen LogP contribution in [0.3, 0.4) is 0 Å². The summed E-state index contributed by atoms with van der Waals surface area (Å²) in [5.74, 6) is -0.932. The van der Waals surface area contributed by atoms with E-state index in [9.17, 15) is 14.4 Å². The van der Waals surface area contributed by atoms with Gasteiger partial charge >= 0.3 is 17.9 Å². The van der Waals surface area contributed by atoms with Crippen LogP contribution in [0.4, 0.5) is 0 Å². The molecule has 0 rings (SSSR count). The van der Waals surface area contributed by atoms with Crippen LogP contribution >= 0.6 is 0 Å². The van der Waals surface area contributed by atoms with Crippen LogP contribution in [0.15, 0.2) is 122 Å². The molecule has 0 radical (unpaired) electrons. The van der Waals surface area contributed by atoms with Crippen LogP contribution in [-0.2, 0) is 28.6 Å². The maximum atomic E-state index is 12.9. The summed E-state index contributed by atoms with van der Waals surface area (Å²) in [4.78, 5) is 38.3. The molecule has 0 spiro atoms. The highest BCUT2D eigenvalue weighted by molar-refractivity contribution is 5.71. The molecule has 0 aromatic rings. The van der Waals surface area contributed by atoms with Gasteiger partial charge in [0.25, 0.3) is 0 Å². The Morgan fingerprint density at radius 2 is 0.519 bits per heavy atom. The highest BCUT2D eigenvalue weighted by atomic mass is 16.6. The van der Waals surface area contributed by atoms with Gasteiger partial charge in [0.15, 0.2) is 6.10 Å². The molecule has 0 bridgehead atoms. The zero-order valence-corrected chi connectivity index (χ0v) is 50.2. The van der Waals surface area contributed by atoms with Gasteiger partial charge in [-0.25, -0.2) is 0 Å². The molecule has 0 aliphatic rings. The molecule has 0 amide bonds. The Morgan fingerprint density at radius 3 is 0.844 bits per heavy atom. The van der Waals surface area contributed by atoms with E-state index in [1.807, 2.05) is 0 Å². The second kappa shape index (κ2) is 64.3. The minimum atomic E-state index is -0.801. The summed E-state index contributed by atoms with van der Waals surface area (Å²) in [5, 5.41) is 0. The largest absolute Gasteiger partial charge is 0.462 e. The van der Waals surface area contributed by atoms with E-state index in [1.54, 1.807) is 0 Å². The smallest absolute Gasteiger partial charge is 0.306 e. The molecule has 0 heterocycles. The van der Waals surface area contributed by atoms with E-state index >= 15 is 0 Å². The predicted molar refractivity (Wildman–Crippen MR) is 334 cm³/mol. The molecule has 1 atom stereocenters. The summed E-state index contributed by atoms with van der Waals surface area (Å²) < 4.78 is 16.9. The van der Waals surface area contributed by atoms with Crippen molar-refractivity contribution in [3.63, 3.8) is 0 Å². The summed E-state index contributed by atoms with van der Waals surface area (Å²) in [6, 6.07) is 0. The number of hydrogen-bond donors (Lipinski definition) is 0. The lowest BCUT2D eigenvalue weighted by Crippen LogP contribution is -2.30. The van der Waals surface area contributed by atoms with Gasteiger partial charge in [-0.1, -0.05) is 264 Å². The van der Waals surface area contributed by atoms with Crippen LogP contribution in [0.1, 0.15) is 290 Å². The fraction of sp³-hybridized carbons (Fsp3) is 0.676. The summed E-state index contributed by atoms with van der Waals surface area (Å²) >= 11 is 0. The maximum absolute atomic E-state index is 12.9. The van der Waals surface area contributed by atoms with Gasteiger partial charge in [0.2, 0.25) is 0 Å². The molecule has 0 aliphatic heterocycles. The van der Waals surface area contributed by atoms with Crippen LogP contribution in [0, 0.1) is 0 Å². The van der Waals surface area contributed by atoms with Gasteiger partial charge < -0.3 is 14.2 Å². The molecule has 0 N–H and O–H groups in total. The molecule has 438 valence electrons. The summed E-state index contributed by atoms with van der Waals surface area (Å²) in [5.41, 5.74) is 0. The molecule has 0 saturated carbocycles. The Balaban J connectivity index is 4.36. The van der Waals surface area contributed by atoms with Crippen molar-refractivity contribution in [1.29, 1.82) is 0 Å². The van der Waals surface area contributed by atoms with E-state index in [-0.39, 0.29) is 31.1 Å². The Morgan fingerprint density at radius 1 is 0.273 bits per heavy atom. The first kappa shape index (κ1) is 72.8. The third-order valence-electron chi connectivity index (χ3n) is 13.4. The molecular weight excluding hydrogens is 949 g/mol. The van der Waals surface area contributed by atoms with Crippen LogP contribution in [0.25, 0.3) is 0 Å². The quantitative estimate of drug-likeness (QED) is 0.0261. The normalized spacial score (nSPS) is 12.9. The minimum Gasteiger partial charge on any atom is -0.462 e. The van der Waals surface area contributed by atoms with Gasteiger partial charge in [-0.2, -0.15) is 0 Å². The van der Waals surface area contributed by atoms with E-state index < -0.39 is 6.10 Å². The van der Waals surface area contributed by atoms with Crippen molar-refractivity contribution < 1.29 is 28.6 Å². The topological polar surface area (TPSA) is 78.9 Å². The summed E-state index contributed by atoms with van der Waals surface area (Å²) in [6.07, 6.45) is 89.2. The van der Waals surface area contributed by atoms with Gasteiger partial charge in [-0.15, -0.1) is 0 Å². The highest BCUT2D eigenvalue weighted by Gasteiger charge is 2.19. The van der Waals surface area contributed by atoms with E-state index in [0.717, 1.165) is 135 Å². The molecule has 0 aromatic carbocycles. The van der Waals surface area contributed by atoms with Crippen molar-refractivity contribution in [1.82, 2.24) is 0 Å². The average Bonchev–Trinajstić information content (AvgIpc) is 3.43. The number of carbonyl (C=O) groups is 3. The minimum absolute atomic E-state index is 0.0955. The zero-order valence-electron chi connectivity index (χ0n) is 50.2. The van der Waals surface area contributed by atoms with Crippen molar-refractivity contribution >= 4 is 17.9 Å². The van der Waals surface area contributed by atoms with Crippen LogP contribution in [0.5, 0.6) is 0 Å². The first-order valence-electron chi connectivity index (χ1n) is 32.0. The Hall–Kier alpha value is -4.19. The van der Waals surface area contributed by atoms with Gasteiger partial charge in [-0.05, 0) is 128 Å². The lowest BCUT2D eigenvalue weighted by molar-refractivity contribution is -0.167. The van der Waals surface area contributed by atoms with Crippen molar-refractivity contribution in [2.75, 3.05) is 13.2 Å². The van der Waals surface area contributed by atoms with Crippen molar-refractivity contribution in [2.24, 2.45) is 0 Å². The predicted octanol–water partition coefficient (Wildman–Crippen LogP) is 22.0. The van der Waals surface area contributed by atoms with Crippen molar-refractivity contribution in [3.05, 3.63) is 122 Å². The first-order chi connectivity index (χ1) is 38.0. The van der Waals surface area contributed by atoms with Crippen LogP contribution in [-0.4, -0.2) is 37.2 Å². The monoisotopic (exact) mass is 1070 g/mol. The standard InChI is InChI=1S/C71H118O6/c1-4-7-10-13-16-19-22-24-26-28-30-32-34-35-37-38-40-42-44-46-49-52-55-58-61-64-70(73)76-67-68(66-75-69(72)63-60-57-54-51-48-21-18-15-12-9-6-3)77-71(74)65-62-59-56-53-50-47-45-43-41-39-36-33-31-29-27-25-23-20-17-14-11-8-5-2/h8,11,15,17-18,20,22,24-25,27-28,30-31,33-35,39,41,45,47,68H,4-7,9-10,12-14,16,19,21,23,26,29,32,36-38,40,42-44,46,48-67H2,1-3H3/b11-8-,18-15-,20-17-,24-22-,27-25-,30-28-,33-31-,35-34-,41-39-,47-45-. The molecule has 77 heavy (non-hydrogen) atoms. The Bertz CT molecular complexity index is 1600. The van der Waals surface area contributed by atoms with E-state index in [4.69, 9.17) is 14.2 Å². The van der Waals surface area contributed by atoms with E-state index in [1.165, 1.54) is 116 Å². The number of allylic oxidation sites excluding steroid dienone is 20. The maximum Gasteiger partial charge on any atom is 0.306 e. The first-order valence-corrected chi connectivity index (χ1v) is 32.0. The van der Waals surface area contributed by atoms with Gasteiger partial charge in [0.1, 0.15) is 13.2 Å². The Kier molecular flexibility index (Phi) is 60.8. The summed E-state index contributed by atoms with van der Waals surface area (Å²) in [7, 11) is 0. The highest BCUT2D eigenvalue weighted by Crippen LogP contribution is 2.15. The average molecular weight is 1070 g/mol. The molecule has 0 aromatic heterocycles. The number of esters is 3. The number of carbonyl (C=O) groups excluding carboxylic acids is 3. The van der Waals surface area contributed by atoms with Gasteiger partial charge in [0.05, 0.1) is 0 Å². The number of hydrogen-bond acceptors (Lipinski definition) is 6. The fourth-order valence-corrected chi connectivity index (χ4v) is 8.61. The third-order valence-corrected chi connectivity index (χ3v) is 13.4. The lowest BCUT2D eigenvalue weighted by Gasteiger charge is -2.18. The molecular formula is C71H118O6. The zero-order chi connectivity index (χ0) is 55.7. The second-order valence-electron chi connectivity index (χ2n) is 20.9. The second-order valence-corrected chi connectivity index (χ2v) is 20.9. The molecule has 6 nitrogen and oxygen atoms in total. The number of unbranched alkanes of at least 4 members (excludes halogenated alkanes) is 26. The van der Waals surface area contributed by atoms with E-state index in [0.29, 0.717) is 19.3 Å². The molecule has 0 saturated heterocycles. The number of ether oxygens (including phenoxy) is 3. The van der Waals surface area contributed by atoms with Gasteiger partial charge in [-0.3, -0.25) is 14.4 Å². The van der Waals surface area contributed by atoms with Crippen molar-refractivity contribution in [3.8, 4) is 0 Å². The fourth-order valence-electron chi connectivity index (χ4n) is 8.61.